The molecule has 0 bridgehead atoms. The summed E-state index contributed by atoms with van der Waals surface area (Å²) in [5.41, 5.74) is 0. The molecule has 2 unspecified atom stereocenters. The predicted octanol–water partition coefficient (Wildman–Crippen LogP) is 2.02. The zero-order valence-corrected chi connectivity index (χ0v) is 11.5. The molecule has 0 aromatic carbocycles. The molecule has 1 N–H and O–H groups in total. The minimum absolute atomic E-state index is 0.752. The average Bonchev–Trinajstić information content (AvgIpc) is 3.15. The summed E-state index contributed by atoms with van der Waals surface area (Å²) in [6.45, 7) is 5.34. The Morgan fingerprint density at radius 3 is 2.65 bits per heavy atom. The number of methoxy groups -OCH3 is 1. The molecule has 0 amide bonds. The van der Waals surface area contributed by atoms with Gasteiger partial charge in [-0.1, -0.05) is 13.3 Å². The fraction of sp³-hybridized carbons (Fsp3) is 1.00. The van der Waals surface area contributed by atoms with Gasteiger partial charge in [0.2, 0.25) is 0 Å². The van der Waals surface area contributed by atoms with Gasteiger partial charge in [0.25, 0.3) is 0 Å². The lowest BCUT2D eigenvalue weighted by atomic mass is 9.89. The van der Waals surface area contributed by atoms with Crippen molar-refractivity contribution in [1.29, 1.82) is 0 Å². The Hall–Kier alpha value is -0.120. The Balaban J connectivity index is 1.84. The second kappa shape index (κ2) is 6.72. The zero-order valence-electron chi connectivity index (χ0n) is 11.5. The highest BCUT2D eigenvalue weighted by Gasteiger charge is 2.35. The van der Waals surface area contributed by atoms with Gasteiger partial charge in [-0.15, -0.1) is 0 Å². The number of ether oxygens (including phenoxy) is 1. The first-order valence-corrected chi connectivity index (χ1v) is 7.33. The molecule has 2 aliphatic carbocycles. The summed E-state index contributed by atoms with van der Waals surface area (Å²) < 4.78 is 5.26. The van der Waals surface area contributed by atoms with Gasteiger partial charge in [-0.2, -0.15) is 0 Å². The number of hydrogen-bond donors (Lipinski definition) is 1. The van der Waals surface area contributed by atoms with Crippen molar-refractivity contribution in [2.24, 2.45) is 0 Å². The third-order valence-corrected chi connectivity index (χ3v) is 4.18. The first kappa shape index (κ1) is 13.3. The molecule has 0 spiro atoms. The van der Waals surface area contributed by atoms with E-state index in [1.807, 2.05) is 7.11 Å². The first-order valence-electron chi connectivity index (χ1n) is 7.33. The van der Waals surface area contributed by atoms with Crippen LogP contribution in [0.2, 0.25) is 0 Å². The minimum atomic E-state index is 0.752. The number of rotatable bonds is 7. The average molecular weight is 240 g/mol. The molecule has 0 aliphatic heterocycles. The van der Waals surface area contributed by atoms with Gasteiger partial charge in [0, 0.05) is 31.8 Å². The van der Waals surface area contributed by atoms with Gasteiger partial charge in [0.05, 0.1) is 6.61 Å². The van der Waals surface area contributed by atoms with E-state index in [0.29, 0.717) is 0 Å². The molecular formula is C14H28N2O. The van der Waals surface area contributed by atoms with E-state index in [-0.39, 0.29) is 0 Å². The van der Waals surface area contributed by atoms with Crippen molar-refractivity contribution in [3.05, 3.63) is 0 Å². The number of nitrogens with zero attached hydrogens (tertiary/aromatic N) is 1. The van der Waals surface area contributed by atoms with Gasteiger partial charge in [0.1, 0.15) is 0 Å². The molecule has 100 valence electrons. The van der Waals surface area contributed by atoms with Gasteiger partial charge in [-0.25, -0.2) is 0 Å². The van der Waals surface area contributed by atoms with Crippen LogP contribution in [-0.4, -0.2) is 49.8 Å². The third kappa shape index (κ3) is 3.94. The van der Waals surface area contributed by atoms with Gasteiger partial charge in [0.15, 0.2) is 0 Å². The van der Waals surface area contributed by atoms with Crippen molar-refractivity contribution in [2.75, 3.05) is 26.8 Å². The summed E-state index contributed by atoms with van der Waals surface area (Å²) in [5.74, 6) is 0. The van der Waals surface area contributed by atoms with Crippen molar-refractivity contribution in [1.82, 2.24) is 10.2 Å². The lowest BCUT2D eigenvalue weighted by molar-refractivity contribution is 0.0884. The van der Waals surface area contributed by atoms with Crippen molar-refractivity contribution >= 4 is 0 Å². The van der Waals surface area contributed by atoms with Gasteiger partial charge < -0.3 is 10.1 Å². The summed E-state index contributed by atoms with van der Waals surface area (Å²) in [6, 6.07) is 2.42. The van der Waals surface area contributed by atoms with Gasteiger partial charge >= 0.3 is 0 Å². The molecular weight excluding hydrogens is 212 g/mol. The van der Waals surface area contributed by atoms with Crippen molar-refractivity contribution < 1.29 is 4.74 Å². The van der Waals surface area contributed by atoms with Gasteiger partial charge in [-0.05, 0) is 38.6 Å². The summed E-state index contributed by atoms with van der Waals surface area (Å²) in [6.07, 6.45) is 8.31. The molecule has 0 aromatic rings. The normalized spacial score (nSPS) is 29.8. The van der Waals surface area contributed by atoms with Crippen molar-refractivity contribution in [3.63, 3.8) is 0 Å². The van der Waals surface area contributed by atoms with E-state index in [2.05, 4.69) is 17.1 Å². The molecule has 2 fully saturated rings. The van der Waals surface area contributed by atoms with E-state index in [0.717, 1.165) is 37.8 Å². The van der Waals surface area contributed by atoms with E-state index in [4.69, 9.17) is 4.74 Å². The van der Waals surface area contributed by atoms with E-state index in [1.54, 1.807) is 0 Å². The quantitative estimate of drug-likeness (QED) is 0.737. The molecule has 2 aliphatic rings. The molecule has 0 aromatic heterocycles. The Kier molecular flexibility index (Phi) is 5.26. The maximum absolute atomic E-state index is 5.26. The van der Waals surface area contributed by atoms with Crippen LogP contribution in [0.25, 0.3) is 0 Å². The molecule has 3 nitrogen and oxygen atoms in total. The summed E-state index contributed by atoms with van der Waals surface area (Å²) >= 11 is 0. The van der Waals surface area contributed by atoms with Crippen LogP contribution in [0.3, 0.4) is 0 Å². The van der Waals surface area contributed by atoms with Crippen molar-refractivity contribution in [2.45, 2.75) is 63.6 Å². The molecule has 0 radical (unpaired) electrons. The highest BCUT2D eigenvalue weighted by atomic mass is 16.5. The lowest BCUT2D eigenvalue weighted by Crippen LogP contribution is -2.46. The summed E-state index contributed by atoms with van der Waals surface area (Å²) in [4.78, 5) is 2.73. The lowest BCUT2D eigenvalue weighted by Gasteiger charge is -2.38. The minimum Gasteiger partial charge on any atom is -0.383 e. The fourth-order valence-corrected chi connectivity index (χ4v) is 3.21. The SMILES string of the molecule is CCNC1CCCC(N(CCOC)C2CC2)C1. The van der Waals surface area contributed by atoms with Crippen LogP contribution in [0.1, 0.15) is 45.4 Å². The number of nitrogens with one attached hydrogen (secondary N) is 1. The first-order chi connectivity index (χ1) is 8.35. The van der Waals surface area contributed by atoms with Crippen LogP contribution < -0.4 is 5.32 Å². The van der Waals surface area contributed by atoms with Crippen LogP contribution in [0, 0.1) is 0 Å². The maximum atomic E-state index is 5.26. The van der Waals surface area contributed by atoms with E-state index in [9.17, 15) is 0 Å². The van der Waals surface area contributed by atoms with Crippen LogP contribution in [0.4, 0.5) is 0 Å². The van der Waals surface area contributed by atoms with Crippen molar-refractivity contribution in [3.8, 4) is 0 Å². The standard InChI is InChI=1S/C14H28N2O/c1-3-15-12-5-4-6-14(11-12)16(9-10-17-2)13-7-8-13/h12-15H,3-11H2,1-2H3. The molecule has 17 heavy (non-hydrogen) atoms. The van der Waals surface area contributed by atoms with Gasteiger partial charge in [-0.3, -0.25) is 4.90 Å². The van der Waals surface area contributed by atoms with E-state index in [1.165, 1.54) is 38.5 Å². The monoisotopic (exact) mass is 240 g/mol. The maximum Gasteiger partial charge on any atom is 0.0589 e. The Labute approximate surface area is 106 Å². The van der Waals surface area contributed by atoms with Crippen LogP contribution in [-0.2, 0) is 4.74 Å². The van der Waals surface area contributed by atoms with Crippen LogP contribution >= 0.6 is 0 Å². The Morgan fingerprint density at radius 2 is 2.00 bits per heavy atom. The topological polar surface area (TPSA) is 24.5 Å². The fourth-order valence-electron chi connectivity index (χ4n) is 3.21. The zero-order chi connectivity index (χ0) is 12.1. The van der Waals surface area contributed by atoms with Crippen LogP contribution in [0.5, 0.6) is 0 Å². The highest BCUT2D eigenvalue weighted by Crippen LogP contribution is 2.33. The van der Waals surface area contributed by atoms with E-state index < -0.39 is 0 Å². The molecule has 3 heteroatoms. The summed E-state index contributed by atoms with van der Waals surface area (Å²) in [7, 11) is 1.81. The smallest absolute Gasteiger partial charge is 0.0589 e. The Bertz CT molecular complexity index is 216. The predicted molar refractivity (Wildman–Crippen MR) is 71.3 cm³/mol. The highest BCUT2D eigenvalue weighted by molar-refractivity contribution is 4.92. The third-order valence-electron chi connectivity index (χ3n) is 4.18. The number of hydrogen-bond acceptors (Lipinski definition) is 3. The molecule has 0 saturated heterocycles. The molecule has 0 heterocycles. The van der Waals surface area contributed by atoms with E-state index >= 15 is 0 Å². The second-order valence-corrected chi connectivity index (χ2v) is 5.54. The Morgan fingerprint density at radius 1 is 1.18 bits per heavy atom. The summed E-state index contributed by atoms with van der Waals surface area (Å²) in [5, 5.41) is 3.63. The second-order valence-electron chi connectivity index (χ2n) is 5.54. The van der Waals surface area contributed by atoms with Crippen LogP contribution in [0.15, 0.2) is 0 Å². The molecule has 2 saturated carbocycles. The molecule has 2 atom stereocenters. The molecule has 2 rings (SSSR count). The largest absolute Gasteiger partial charge is 0.383 e.